The van der Waals surface area contributed by atoms with Crippen molar-refractivity contribution in [3.8, 4) is 0 Å². The number of benzene rings is 1. The number of hydrogen-bond donors (Lipinski definition) is 2. The zero-order valence-corrected chi connectivity index (χ0v) is 13.4. The normalized spacial score (nSPS) is 11.8. The molecule has 20 heavy (non-hydrogen) atoms. The number of hydrogen-bond acceptors (Lipinski definition) is 4. The third-order valence-electron chi connectivity index (χ3n) is 2.66. The van der Waals surface area contributed by atoms with Gasteiger partial charge in [0.1, 0.15) is 4.90 Å². The lowest BCUT2D eigenvalue weighted by atomic mass is 10.2. The van der Waals surface area contributed by atoms with Crippen LogP contribution in [0.1, 0.15) is 11.1 Å². The third-order valence-corrected chi connectivity index (χ3v) is 5.61. The smallest absolute Gasteiger partial charge is 0.242 e. The molecule has 1 heterocycles. The molecule has 0 saturated carbocycles. The third kappa shape index (κ3) is 3.52. The average molecular weight is 351 g/mol. The molecule has 0 aliphatic rings. The Hall–Kier alpha value is -0.630. The summed E-state index contributed by atoms with van der Waals surface area (Å²) < 4.78 is 27.0. The SMILES string of the molecule is NCc1cc(S(=O)(=O)NCc2ccsc2)c(Cl)cc1Cl. The molecule has 4 nitrogen and oxygen atoms in total. The molecule has 2 rings (SSSR count). The predicted molar refractivity (Wildman–Crippen MR) is 82.7 cm³/mol. The van der Waals surface area contributed by atoms with E-state index in [1.165, 1.54) is 23.5 Å². The second-order valence-corrected chi connectivity index (χ2v) is 7.36. The van der Waals surface area contributed by atoms with E-state index in [1.54, 1.807) is 0 Å². The van der Waals surface area contributed by atoms with Gasteiger partial charge in [-0.3, -0.25) is 0 Å². The maximum absolute atomic E-state index is 12.3. The van der Waals surface area contributed by atoms with Crippen molar-refractivity contribution >= 4 is 44.6 Å². The molecule has 1 aromatic heterocycles. The van der Waals surface area contributed by atoms with Gasteiger partial charge in [-0.1, -0.05) is 23.2 Å². The molecule has 1 aromatic carbocycles. The molecule has 3 N–H and O–H groups in total. The minimum atomic E-state index is -3.71. The molecule has 2 aromatic rings. The highest BCUT2D eigenvalue weighted by atomic mass is 35.5. The summed E-state index contributed by atoms with van der Waals surface area (Å²) in [4.78, 5) is -0.0146. The average Bonchev–Trinajstić information content (AvgIpc) is 2.89. The number of sulfonamides is 1. The molecule has 0 bridgehead atoms. The van der Waals surface area contributed by atoms with Gasteiger partial charge >= 0.3 is 0 Å². The van der Waals surface area contributed by atoms with Gasteiger partial charge in [0, 0.05) is 18.1 Å². The molecular formula is C12H12Cl2N2O2S2. The summed E-state index contributed by atoms with van der Waals surface area (Å²) in [6.45, 7) is 0.353. The lowest BCUT2D eigenvalue weighted by Gasteiger charge is -2.10. The first-order valence-corrected chi connectivity index (χ1v) is 8.81. The minimum absolute atomic E-state index is 0.0146. The van der Waals surface area contributed by atoms with Crippen LogP contribution in [0.3, 0.4) is 0 Å². The number of nitrogens with one attached hydrogen (secondary N) is 1. The predicted octanol–water partition coefficient (Wildman–Crippen LogP) is 2.99. The van der Waals surface area contributed by atoms with Gasteiger partial charge in [0.25, 0.3) is 0 Å². The van der Waals surface area contributed by atoms with Gasteiger partial charge in [0.05, 0.1) is 5.02 Å². The quantitative estimate of drug-likeness (QED) is 0.870. The highest BCUT2D eigenvalue weighted by molar-refractivity contribution is 7.89. The van der Waals surface area contributed by atoms with Crippen molar-refractivity contribution in [2.45, 2.75) is 18.0 Å². The zero-order valence-electron chi connectivity index (χ0n) is 10.3. The fraction of sp³-hybridized carbons (Fsp3) is 0.167. The van der Waals surface area contributed by atoms with E-state index in [1.807, 2.05) is 16.8 Å². The number of halogens is 2. The summed E-state index contributed by atoms with van der Waals surface area (Å²) in [6.07, 6.45) is 0. The van der Waals surface area contributed by atoms with E-state index in [4.69, 9.17) is 28.9 Å². The Morgan fingerprint density at radius 2 is 2.00 bits per heavy atom. The van der Waals surface area contributed by atoms with Crippen LogP contribution >= 0.6 is 34.5 Å². The van der Waals surface area contributed by atoms with Crippen LogP contribution in [0.4, 0.5) is 0 Å². The van der Waals surface area contributed by atoms with Crippen molar-refractivity contribution in [3.05, 3.63) is 50.1 Å². The van der Waals surface area contributed by atoms with Gasteiger partial charge in [-0.05, 0) is 40.1 Å². The summed E-state index contributed by atoms with van der Waals surface area (Å²) in [7, 11) is -3.71. The van der Waals surface area contributed by atoms with Crippen LogP contribution in [0.2, 0.25) is 10.0 Å². The molecule has 0 amide bonds. The molecule has 108 valence electrons. The van der Waals surface area contributed by atoms with E-state index < -0.39 is 10.0 Å². The summed E-state index contributed by atoms with van der Waals surface area (Å²) in [6, 6.07) is 4.65. The van der Waals surface area contributed by atoms with Gasteiger partial charge < -0.3 is 5.73 Å². The lowest BCUT2D eigenvalue weighted by molar-refractivity contribution is 0.581. The summed E-state index contributed by atoms with van der Waals surface area (Å²) in [5.41, 5.74) is 6.95. The Morgan fingerprint density at radius 1 is 1.25 bits per heavy atom. The van der Waals surface area contributed by atoms with Crippen molar-refractivity contribution in [3.63, 3.8) is 0 Å². The largest absolute Gasteiger partial charge is 0.326 e. The molecule has 8 heteroatoms. The first-order chi connectivity index (χ1) is 9.44. The van der Waals surface area contributed by atoms with Crippen LogP contribution in [-0.4, -0.2) is 8.42 Å². The lowest BCUT2D eigenvalue weighted by Crippen LogP contribution is -2.23. The Bertz CT molecular complexity index is 700. The summed E-state index contributed by atoms with van der Waals surface area (Å²) >= 11 is 13.4. The van der Waals surface area contributed by atoms with E-state index in [0.29, 0.717) is 10.6 Å². The van der Waals surface area contributed by atoms with E-state index >= 15 is 0 Å². The van der Waals surface area contributed by atoms with Gasteiger partial charge in [0.15, 0.2) is 0 Å². The van der Waals surface area contributed by atoms with Crippen molar-refractivity contribution in [2.75, 3.05) is 0 Å². The van der Waals surface area contributed by atoms with E-state index in [0.717, 1.165) is 5.56 Å². The molecule has 0 atom stereocenters. The molecular weight excluding hydrogens is 339 g/mol. The first kappa shape index (κ1) is 15.8. The minimum Gasteiger partial charge on any atom is -0.326 e. The zero-order chi connectivity index (χ0) is 14.8. The van der Waals surface area contributed by atoms with Crippen molar-refractivity contribution in [1.29, 1.82) is 0 Å². The fourth-order valence-corrected chi connectivity index (χ4v) is 4.14. The van der Waals surface area contributed by atoms with Gasteiger partial charge in [-0.15, -0.1) is 0 Å². The molecule has 0 saturated heterocycles. The molecule has 0 radical (unpaired) electrons. The van der Waals surface area contributed by atoms with Crippen molar-refractivity contribution in [1.82, 2.24) is 4.72 Å². The molecule has 0 spiro atoms. The van der Waals surface area contributed by atoms with Crippen molar-refractivity contribution < 1.29 is 8.42 Å². The van der Waals surface area contributed by atoms with Gasteiger partial charge in [-0.2, -0.15) is 11.3 Å². The standard InChI is InChI=1S/C12H12Cl2N2O2S2/c13-10-4-11(14)12(3-9(10)5-15)20(17,18)16-6-8-1-2-19-7-8/h1-4,7,16H,5-6,15H2. The first-order valence-electron chi connectivity index (χ1n) is 5.63. The van der Waals surface area contributed by atoms with E-state index in [2.05, 4.69) is 4.72 Å². The monoisotopic (exact) mass is 350 g/mol. The number of rotatable bonds is 5. The Balaban J connectivity index is 2.29. The van der Waals surface area contributed by atoms with Crippen LogP contribution in [-0.2, 0) is 23.1 Å². The summed E-state index contributed by atoms with van der Waals surface area (Å²) in [5.74, 6) is 0. The highest BCUT2D eigenvalue weighted by Gasteiger charge is 2.19. The van der Waals surface area contributed by atoms with Crippen LogP contribution in [0.15, 0.2) is 33.9 Å². The number of nitrogens with two attached hydrogens (primary N) is 1. The van der Waals surface area contributed by atoms with Gasteiger partial charge in [0.2, 0.25) is 10.0 Å². The molecule has 0 aliphatic carbocycles. The Kier molecular flexibility index (Phi) is 5.06. The number of thiophene rings is 1. The Morgan fingerprint density at radius 3 is 2.60 bits per heavy atom. The van der Waals surface area contributed by atoms with Crippen LogP contribution in [0, 0.1) is 0 Å². The second kappa shape index (κ2) is 6.43. The molecule has 0 fully saturated rings. The maximum atomic E-state index is 12.3. The fourth-order valence-electron chi connectivity index (χ4n) is 1.58. The molecule has 0 aliphatic heterocycles. The Labute approximate surface area is 131 Å². The summed E-state index contributed by atoms with van der Waals surface area (Å²) in [5, 5.41) is 4.18. The second-order valence-electron chi connectivity index (χ2n) is 4.03. The van der Waals surface area contributed by atoms with Crippen LogP contribution in [0.5, 0.6) is 0 Å². The topological polar surface area (TPSA) is 72.2 Å². The van der Waals surface area contributed by atoms with E-state index in [-0.39, 0.29) is 23.0 Å². The van der Waals surface area contributed by atoms with Gasteiger partial charge in [-0.25, -0.2) is 13.1 Å². The molecule has 0 unspecified atom stereocenters. The van der Waals surface area contributed by atoms with Crippen molar-refractivity contribution in [2.24, 2.45) is 5.73 Å². The van der Waals surface area contributed by atoms with Crippen LogP contribution < -0.4 is 10.5 Å². The van der Waals surface area contributed by atoms with E-state index in [9.17, 15) is 8.42 Å². The highest BCUT2D eigenvalue weighted by Crippen LogP contribution is 2.28. The maximum Gasteiger partial charge on any atom is 0.242 e. The van der Waals surface area contributed by atoms with Crippen LogP contribution in [0.25, 0.3) is 0 Å².